The highest BCUT2D eigenvalue weighted by molar-refractivity contribution is 7.93. The van der Waals surface area contributed by atoms with Crippen molar-refractivity contribution in [2.75, 3.05) is 4.31 Å². The quantitative estimate of drug-likeness (QED) is 0.392. The molecule has 1 aliphatic heterocycles. The fraction of sp³-hybridized carbons (Fsp3) is 0.208. The van der Waals surface area contributed by atoms with E-state index in [0.29, 0.717) is 26.5 Å². The van der Waals surface area contributed by atoms with Gasteiger partial charge in [0.25, 0.3) is 10.0 Å². The van der Waals surface area contributed by atoms with Crippen molar-refractivity contribution in [3.05, 3.63) is 82.4 Å². The molecule has 0 saturated heterocycles. The Kier molecular flexibility index (Phi) is 5.56. The smallest absolute Gasteiger partial charge is 0.418 e. The summed E-state index contributed by atoms with van der Waals surface area (Å²) >= 11 is 0.978. The predicted molar refractivity (Wildman–Crippen MR) is 128 cm³/mol. The lowest BCUT2D eigenvalue weighted by Crippen LogP contribution is -2.53. The zero-order valence-electron chi connectivity index (χ0n) is 18.8. The summed E-state index contributed by atoms with van der Waals surface area (Å²) < 4.78 is 78.4. The molecule has 0 amide bonds. The van der Waals surface area contributed by atoms with E-state index in [2.05, 4.69) is 8.75 Å². The first-order chi connectivity index (χ1) is 16.9. The van der Waals surface area contributed by atoms with Crippen LogP contribution in [0.25, 0.3) is 11.0 Å². The Balaban J connectivity index is 1.89. The monoisotopic (exact) mass is 533 g/mol. The van der Waals surface area contributed by atoms with Gasteiger partial charge < -0.3 is 5.11 Å². The maximum Gasteiger partial charge on any atom is 0.418 e. The van der Waals surface area contributed by atoms with Gasteiger partial charge in [-0.1, -0.05) is 30.3 Å². The molecule has 36 heavy (non-hydrogen) atoms. The fourth-order valence-corrected chi connectivity index (χ4v) is 7.29. The predicted octanol–water partition coefficient (Wildman–Crippen LogP) is 5.12. The lowest BCUT2D eigenvalue weighted by atomic mass is 9.81. The number of hydrogen-bond acceptors (Lipinski definition) is 6. The molecule has 0 saturated carbocycles. The van der Waals surface area contributed by atoms with Crippen molar-refractivity contribution in [2.45, 2.75) is 36.9 Å². The number of sulfonamides is 1. The molecule has 0 spiro atoms. The number of para-hydroxylation sites is 1. The number of hydrogen-bond donors (Lipinski definition) is 1. The number of nitrogens with zero attached hydrogens (tertiary/aromatic N) is 3. The van der Waals surface area contributed by atoms with Crippen LogP contribution < -0.4 is 4.31 Å². The molecule has 186 valence electrons. The van der Waals surface area contributed by atoms with Crippen molar-refractivity contribution >= 4 is 44.4 Å². The number of fused-ring (bicyclic) bond motifs is 2. The Morgan fingerprint density at radius 2 is 1.67 bits per heavy atom. The van der Waals surface area contributed by atoms with Crippen LogP contribution in [0.15, 0.2) is 59.5 Å². The molecule has 1 N–H and O–H groups in total. The van der Waals surface area contributed by atoms with Gasteiger partial charge in [0.2, 0.25) is 0 Å². The van der Waals surface area contributed by atoms with E-state index >= 15 is 0 Å². The molecule has 7 nitrogen and oxygen atoms in total. The molecule has 0 radical (unpaired) electrons. The summed E-state index contributed by atoms with van der Waals surface area (Å²) in [4.78, 5) is 12.5. The maximum atomic E-state index is 14.0. The number of carboxylic acid groups (broad SMARTS) is 1. The number of rotatable bonds is 3. The summed E-state index contributed by atoms with van der Waals surface area (Å²) in [6, 6.07) is 9.65. The maximum absolute atomic E-state index is 14.0. The van der Waals surface area contributed by atoms with E-state index in [1.807, 2.05) is 0 Å². The van der Waals surface area contributed by atoms with Crippen LogP contribution >= 0.6 is 11.7 Å². The Bertz CT molecular complexity index is 1630. The molecule has 2 unspecified atom stereocenters. The molecule has 0 fully saturated rings. The summed E-state index contributed by atoms with van der Waals surface area (Å²) in [5.74, 6) is -2.70. The summed E-state index contributed by atoms with van der Waals surface area (Å²) in [5.41, 5.74) is 1.16. The van der Waals surface area contributed by atoms with E-state index in [-0.39, 0.29) is 10.5 Å². The van der Waals surface area contributed by atoms with E-state index in [1.165, 1.54) is 24.3 Å². The van der Waals surface area contributed by atoms with Gasteiger partial charge in [-0.2, -0.15) is 21.9 Å². The number of carboxylic acids is 1. The van der Waals surface area contributed by atoms with Crippen molar-refractivity contribution in [3.8, 4) is 0 Å². The van der Waals surface area contributed by atoms with E-state index < -0.39 is 45.4 Å². The molecule has 5 rings (SSSR count). The Morgan fingerprint density at radius 3 is 2.36 bits per heavy atom. The van der Waals surface area contributed by atoms with E-state index in [4.69, 9.17) is 0 Å². The lowest BCUT2D eigenvalue weighted by molar-refractivity contribution is -0.140. The van der Waals surface area contributed by atoms with Gasteiger partial charge in [-0.15, -0.1) is 0 Å². The summed E-state index contributed by atoms with van der Waals surface area (Å²) in [7, 11) is -4.68. The number of benzene rings is 3. The minimum Gasteiger partial charge on any atom is -0.480 e. The summed E-state index contributed by atoms with van der Waals surface area (Å²) in [6.45, 7) is 3.54. The van der Waals surface area contributed by atoms with Crippen LogP contribution in [-0.2, 0) is 21.0 Å². The molecule has 1 aromatic heterocycles. The van der Waals surface area contributed by atoms with Crippen molar-refractivity contribution < 1.29 is 31.5 Å². The molecular weight excluding hydrogens is 515 g/mol. The zero-order valence-corrected chi connectivity index (χ0v) is 20.4. The number of aryl methyl sites for hydroxylation is 1. The Labute approximate surface area is 208 Å². The van der Waals surface area contributed by atoms with Gasteiger partial charge in [-0.25, -0.2) is 13.2 Å². The molecule has 3 aromatic carbocycles. The van der Waals surface area contributed by atoms with Gasteiger partial charge in [0, 0.05) is 5.92 Å². The standard InChI is InChI=1S/C24H18F3N3O4S2/c1-12-13(2)21-17(28-35-29-21)11-15(12)20-14-7-3-6-10-19(14)36(33,34)30(22(20)23(31)32)18-9-5-4-8-16(18)24(25,26)27/h3-11,20,22H,1-2H3,(H,31,32). The van der Waals surface area contributed by atoms with Gasteiger partial charge in [-0.05, 0) is 60.4 Å². The van der Waals surface area contributed by atoms with Crippen LogP contribution in [0.4, 0.5) is 18.9 Å². The number of alkyl halides is 3. The molecule has 4 aromatic rings. The van der Waals surface area contributed by atoms with Gasteiger partial charge in [0.1, 0.15) is 11.0 Å². The third kappa shape index (κ3) is 3.54. The molecule has 0 bridgehead atoms. The summed E-state index contributed by atoms with van der Waals surface area (Å²) in [5, 5.41) is 10.4. The highest BCUT2D eigenvalue weighted by Crippen LogP contribution is 2.48. The number of aliphatic carboxylic acids is 1. The van der Waals surface area contributed by atoms with E-state index in [1.54, 1.807) is 26.0 Å². The molecule has 1 aliphatic rings. The highest BCUT2D eigenvalue weighted by Gasteiger charge is 2.51. The minimum atomic E-state index is -4.92. The van der Waals surface area contributed by atoms with E-state index in [0.717, 1.165) is 35.5 Å². The first kappa shape index (κ1) is 24.2. The second kappa shape index (κ2) is 8.27. The third-order valence-corrected chi connectivity index (χ3v) is 8.96. The van der Waals surface area contributed by atoms with Crippen LogP contribution in [0.3, 0.4) is 0 Å². The Hall–Kier alpha value is -3.51. The van der Waals surface area contributed by atoms with Crippen LogP contribution in [-0.4, -0.2) is 34.3 Å². The topological polar surface area (TPSA) is 100 Å². The summed E-state index contributed by atoms with van der Waals surface area (Å²) in [6.07, 6.45) is -4.92. The highest BCUT2D eigenvalue weighted by atomic mass is 32.2. The SMILES string of the molecule is Cc1c(C2c3ccccc3S(=O)(=O)N(c3ccccc3C(F)(F)F)C2C(=O)O)cc2nsnc2c1C. The molecule has 0 aliphatic carbocycles. The number of halogens is 3. The number of carbonyl (C=O) groups is 1. The molecule has 12 heteroatoms. The molecule has 2 heterocycles. The van der Waals surface area contributed by atoms with Crippen molar-refractivity contribution in [2.24, 2.45) is 0 Å². The Morgan fingerprint density at radius 1 is 1.00 bits per heavy atom. The van der Waals surface area contributed by atoms with Gasteiger partial charge >= 0.3 is 12.1 Å². The van der Waals surface area contributed by atoms with Crippen molar-refractivity contribution in [1.82, 2.24) is 8.75 Å². The number of aromatic nitrogens is 2. The van der Waals surface area contributed by atoms with Crippen LogP contribution in [0.1, 0.15) is 33.7 Å². The second-order valence-electron chi connectivity index (χ2n) is 8.46. The average molecular weight is 534 g/mol. The first-order valence-corrected chi connectivity index (χ1v) is 12.9. The van der Waals surface area contributed by atoms with Gasteiger partial charge in [-0.3, -0.25) is 4.31 Å². The van der Waals surface area contributed by atoms with Gasteiger partial charge in [0.05, 0.1) is 27.9 Å². The fourth-order valence-electron chi connectivity index (χ4n) is 4.82. The minimum absolute atomic E-state index is 0.190. The normalized spacial score (nSPS) is 19.3. The number of anilines is 1. The zero-order chi connectivity index (χ0) is 26.0. The average Bonchev–Trinajstić information content (AvgIpc) is 3.30. The lowest BCUT2D eigenvalue weighted by Gasteiger charge is -2.41. The first-order valence-electron chi connectivity index (χ1n) is 10.7. The largest absolute Gasteiger partial charge is 0.480 e. The second-order valence-corrected chi connectivity index (χ2v) is 10.8. The molecule has 2 atom stereocenters. The molecular formula is C24H18F3N3O4S2. The van der Waals surface area contributed by atoms with Crippen molar-refractivity contribution in [3.63, 3.8) is 0 Å². The van der Waals surface area contributed by atoms with Crippen LogP contribution in [0, 0.1) is 13.8 Å². The van der Waals surface area contributed by atoms with Crippen molar-refractivity contribution in [1.29, 1.82) is 0 Å². The third-order valence-electron chi connectivity index (χ3n) is 6.55. The van der Waals surface area contributed by atoms with E-state index in [9.17, 15) is 31.5 Å². The van der Waals surface area contributed by atoms with Crippen LogP contribution in [0.2, 0.25) is 0 Å². The van der Waals surface area contributed by atoms with Crippen LogP contribution in [0.5, 0.6) is 0 Å². The van der Waals surface area contributed by atoms with Gasteiger partial charge in [0.15, 0.2) is 6.04 Å².